The molecule has 21 heavy (non-hydrogen) atoms. The van der Waals surface area contributed by atoms with Crippen molar-refractivity contribution in [3.8, 4) is 0 Å². The Morgan fingerprint density at radius 1 is 1.29 bits per heavy atom. The molecule has 0 unspecified atom stereocenters. The van der Waals surface area contributed by atoms with E-state index in [1.807, 2.05) is 13.8 Å². The molecule has 0 radical (unpaired) electrons. The van der Waals surface area contributed by atoms with Gasteiger partial charge in [0.15, 0.2) is 0 Å². The molecule has 0 aromatic heterocycles. The standard InChI is InChI=1S/C14H21NO5S/c1-11(2)10-20-9-3-8-15-21(18,19)13-6-4-12(5-7-13)14(16)17/h4-7,11,15H,3,8-10H2,1-2H3,(H,16,17). The Kier molecular flexibility index (Phi) is 6.80. The van der Waals surface area contributed by atoms with Crippen molar-refractivity contribution < 1.29 is 23.1 Å². The average molecular weight is 315 g/mol. The molecule has 1 aromatic rings. The van der Waals surface area contributed by atoms with E-state index in [1.165, 1.54) is 24.3 Å². The smallest absolute Gasteiger partial charge is 0.335 e. The molecular formula is C14H21NO5S. The summed E-state index contributed by atoms with van der Waals surface area (Å²) in [5.41, 5.74) is 0.0519. The van der Waals surface area contributed by atoms with Crippen LogP contribution in [0, 0.1) is 5.92 Å². The first-order chi connectivity index (χ1) is 9.83. The molecule has 0 aliphatic carbocycles. The second-order valence-corrected chi connectivity index (χ2v) is 6.82. The van der Waals surface area contributed by atoms with Crippen molar-refractivity contribution in [1.82, 2.24) is 4.72 Å². The quantitative estimate of drug-likeness (QED) is 0.677. The molecule has 6 nitrogen and oxygen atoms in total. The van der Waals surface area contributed by atoms with Crippen LogP contribution in [0.15, 0.2) is 29.2 Å². The molecule has 0 amide bonds. The van der Waals surface area contributed by atoms with Gasteiger partial charge in [-0.2, -0.15) is 0 Å². The molecule has 1 rings (SSSR count). The third kappa shape index (κ3) is 6.24. The van der Waals surface area contributed by atoms with Crippen LogP contribution >= 0.6 is 0 Å². The molecule has 118 valence electrons. The highest BCUT2D eigenvalue weighted by molar-refractivity contribution is 7.89. The number of hydrogen-bond donors (Lipinski definition) is 2. The molecule has 7 heteroatoms. The van der Waals surface area contributed by atoms with E-state index in [0.717, 1.165) is 0 Å². The number of carboxylic acid groups (broad SMARTS) is 1. The van der Waals surface area contributed by atoms with Crippen LogP contribution in [-0.4, -0.2) is 39.3 Å². The summed E-state index contributed by atoms with van der Waals surface area (Å²) in [6.45, 7) is 5.52. The van der Waals surface area contributed by atoms with E-state index in [9.17, 15) is 13.2 Å². The Morgan fingerprint density at radius 2 is 1.90 bits per heavy atom. The molecule has 0 fully saturated rings. The summed E-state index contributed by atoms with van der Waals surface area (Å²) in [5.74, 6) is -0.636. The van der Waals surface area contributed by atoms with Gasteiger partial charge < -0.3 is 9.84 Å². The van der Waals surface area contributed by atoms with Crippen molar-refractivity contribution >= 4 is 16.0 Å². The Labute approximate surface area is 125 Å². The van der Waals surface area contributed by atoms with Gasteiger partial charge >= 0.3 is 5.97 Å². The van der Waals surface area contributed by atoms with Gasteiger partial charge in [0, 0.05) is 19.8 Å². The van der Waals surface area contributed by atoms with Gasteiger partial charge in [0.2, 0.25) is 10.0 Å². The molecule has 0 saturated carbocycles. The van der Waals surface area contributed by atoms with E-state index < -0.39 is 16.0 Å². The molecule has 0 spiro atoms. The van der Waals surface area contributed by atoms with Crippen molar-refractivity contribution in [2.75, 3.05) is 19.8 Å². The SMILES string of the molecule is CC(C)COCCCNS(=O)(=O)c1ccc(C(=O)O)cc1. The van der Waals surface area contributed by atoms with Crippen LogP contribution in [-0.2, 0) is 14.8 Å². The van der Waals surface area contributed by atoms with Gasteiger partial charge in [-0.05, 0) is 36.6 Å². The van der Waals surface area contributed by atoms with Crippen LogP contribution in [0.1, 0.15) is 30.6 Å². The monoisotopic (exact) mass is 315 g/mol. The second kappa shape index (κ2) is 8.11. The van der Waals surface area contributed by atoms with E-state index in [1.54, 1.807) is 0 Å². The summed E-state index contributed by atoms with van der Waals surface area (Å²) in [5, 5.41) is 8.76. The van der Waals surface area contributed by atoms with Crippen molar-refractivity contribution in [1.29, 1.82) is 0 Å². The molecule has 2 N–H and O–H groups in total. The molecule has 1 aromatic carbocycles. The fourth-order valence-corrected chi connectivity index (χ4v) is 2.63. The summed E-state index contributed by atoms with van der Waals surface area (Å²) in [4.78, 5) is 10.8. The highest BCUT2D eigenvalue weighted by atomic mass is 32.2. The van der Waals surface area contributed by atoms with E-state index in [2.05, 4.69) is 4.72 Å². The minimum atomic E-state index is -3.60. The molecule has 0 aliphatic rings. The van der Waals surface area contributed by atoms with Crippen molar-refractivity contribution in [3.05, 3.63) is 29.8 Å². The van der Waals surface area contributed by atoms with Gasteiger partial charge in [-0.25, -0.2) is 17.9 Å². The first-order valence-corrected chi connectivity index (χ1v) is 8.22. The fraction of sp³-hybridized carbons (Fsp3) is 0.500. The topological polar surface area (TPSA) is 92.7 Å². The summed E-state index contributed by atoms with van der Waals surface area (Å²) in [6.07, 6.45) is 0.582. The number of carboxylic acids is 1. The van der Waals surface area contributed by atoms with Crippen LogP contribution in [0.3, 0.4) is 0 Å². The maximum atomic E-state index is 12.0. The third-order valence-electron chi connectivity index (χ3n) is 2.62. The van der Waals surface area contributed by atoms with Gasteiger partial charge in [0.05, 0.1) is 10.5 Å². The number of carbonyl (C=O) groups is 1. The Hall–Kier alpha value is -1.44. The maximum Gasteiger partial charge on any atom is 0.335 e. The number of aromatic carboxylic acids is 1. The first-order valence-electron chi connectivity index (χ1n) is 6.73. The predicted octanol–water partition coefficient (Wildman–Crippen LogP) is 1.73. The lowest BCUT2D eigenvalue weighted by Gasteiger charge is -2.08. The normalized spacial score (nSPS) is 11.8. The highest BCUT2D eigenvalue weighted by Gasteiger charge is 2.14. The summed E-state index contributed by atoms with van der Waals surface area (Å²) < 4.78 is 31.7. The maximum absolute atomic E-state index is 12.0. The molecule has 0 bridgehead atoms. The number of benzene rings is 1. The number of nitrogens with one attached hydrogen (secondary N) is 1. The molecule has 0 heterocycles. The largest absolute Gasteiger partial charge is 0.478 e. The minimum Gasteiger partial charge on any atom is -0.478 e. The molecule has 0 aliphatic heterocycles. The molecule has 0 saturated heterocycles. The first kappa shape index (κ1) is 17.6. The lowest BCUT2D eigenvalue weighted by Crippen LogP contribution is -2.25. The average Bonchev–Trinajstić information content (AvgIpc) is 2.42. The predicted molar refractivity (Wildman–Crippen MR) is 78.9 cm³/mol. The van der Waals surface area contributed by atoms with Gasteiger partial charge in [0.1, 0.15) is 0 Å². The zero-order chi connectivity index (χ0) is 15.9. The van der Waals surface area contributed by atoms with Crippen LogP contribution in [0.5, 0.6) is 0 Å². The van der Waals surface area contributed by atoms with E-state index in [0.29, 0.717) is 25.6 Å². The number of rotatable bonds is 9. The second-order valence-electron chi connectivity index (χ2n) is 5.05. The lowest BCUT2D eigenvalue weighted by molar-refractivity contribution is 0.0696. The van der Waals surface area contributed by atoms with E-state index in [-0.39, 0.29) is 17.0 Å². The van der Waals surface area contributed by atoms with Crippen molar-refractivity contribution in [2.45, 2.75) is 25.2 Å². The molecular weight excluding hydrogens is 294 g/mol. The number of sulfonamides is 1. The Morgan fingerprint density at radius 3 is 2.43 bits per heavy atom. The Bertz CT molecular complexity index is 551. The van der Waals surface area contributed by atoms with E-state index in [4.69, 9.17) is 9.84 Å². The highest BCUT2D eigenvalue weighted by Crippen LogP contribution is 2.10. The minimum absolute atomic E-state index is 0.0515. The van der Waals surface area contributed by atoms with Crippen molar-refractivity contribution in [2.24, 2.45) is 5.92 Å². The van der Waals surface area contributed by atoms with Gasteiger partial charge in [0.25, 0.3) is 0 Å². The van der Waals surface area contributed by atoms with Crippen LogP contribution in [0.2, 0.25) is 0 Å². The Balaban J connectivity index is 2.44. The van der Waals surface area contributed by atoms with Crippen molar-refractivity contribution in [3.63, 3.8) is 0 Å². The zero-order valence-corrected chi connectivity index (χ0v) is 13.0. The number of ether oxygens (including phenoxy) is 1. The summed E-state index contributed by atoms with van der Waals surface area (Å²) in [7, 11) is -3.60. The zero-order valence-electron chi connectivity index (χ0n) is 12.2. The van der Waals surface area contributed by atoms with Gasteiger partial charge in [-0.1, -0.05) is 13.8 Å². The van der Waals surface area contributed by atoms with Crippen LogP contribution in [0.25, 0.3) is 0 Å². The third-order valence-corrected chi connectivity index (χ3v) is 4.10. The molecule has 0 atom stereocenters. The van der Waals surface area contributed by atoms with Gasteiger partial charge in [-0.15, -0.1) is 0 Å². The van der Waals surface area contributed by atoms with Crippen LogP contribution in [0.4, 0.5) is 0 Å². The van der Waals surface area contributed by atoms with E-state index >= 15 is 0 Å². The summed E-state index contributed by atoms with van der Waals surface area (Å²) >= 11 is 0. The van der Waals surface area contributed by atoms with Gasteiger partial charge in [-0.3, -0.25) is 0 Å². The number of hydrogen-bond acceptors (Lipinski definition) is 4. The summed E-state index contributed by atoms with van der Waals surface area (Å²) in [6, 6.07) is 5.09. The van der Waals surface area contributed by atoms with Crippen LogP contribution < -0.4 is 4.72 Å². The lowest BCUT2D eigenvalue weighted by atomic mass is 10.2. The fourth-order valence-electron chi connectivity index (χ4n) is 1.56.